The Bertz CT molecular complexity index is 955. The molecular weight excluding hydrogens is 306 g/mol. The number of benzene rings is 2. The summed E-state index contributed by atoms with van der Waals surface area (Å²) >= 11 is 0. The van der Waals surface area contributed by atoms with Crippen LogP contribution in [0.4, 0.5) is 5.69 Å². The quantitative estimate of drug-likeness (QED) is 0.733. The normalized spacial score (nSPS) is 16.3. The van der Waals surface area contributed by atoms with Crippen molar-refractivity contribution in [2.24, 2.45) is 0 Å². The lowest BCUT2D eigenvalue weighted by Gasteiger charge is -2.23. The van der Waals surface area contributed by atoms with Gasteiger partial charge in [0.1, 0.15) is 0 Å². The van der Waals surface area contributed by atoms with Gasteiger partial charge in [-0.15, -0.1) is 0 Å². The van der Waals surface area contributed by atoms with Gasteiger partial charge < -0.3 is 10.1 Å². The van der Waals surface area contributed by atoms with Crippen molar-refractivity contribution in [2.75, 3.05) is 5.32 Å². The van der Waals surface area contributed by atoms with Crippen LogP contribution in [0, 0.1) is 0 Å². The second-order valence-corrected chi connectivity index (χ2v) is 5.50. The van der Waals surface area contributed by atoms with Crippen LogP contribution >= 0.6 is 0 Å². The van der Waals surface area contributed by atoms with Crippen molar-refractivity contribution in [2.45, 2.75) is 12.5 Å². The molecule has 0 radical (unpaired) electrons. The van der Waals surface area contributed by atoms with E-state index in [1.54, 1.807) is 42.7 Å². The molecule has 0 unspecified atom stereocenters. The minimum Gasteiger partial charge on any atom is -0.448 e. The number of hydrogen-bond acceptors (Lipinski definition) is 5. The minimum atomic E-state index is -0.843. The van der Waals surface area contributed by atoms with E-state index in [2.05, 4.69) is 15.3 Å². The minimum absolute atomic E-state index is 0.360. The molecule has 1 atom stereocenters. The maximum atomic E-state index is 12.4. The summed E-state index contributed by atoms with van der Waals surface area (Å²) in [5, 5.41) is 2.77. The Labute approximate surface area is 137 Å². The summed E-state index contributed by atoms with van der Waals surface area (Å²) in [6.45, 7) is 0. The first-order valence-electron chi connectivity index (χ1n) is 7.51. The summed E-state index contributed by atoms with van der Waals surface area (Å²) in [6, 6.07) is 12.4. The van der Waals surface area contributed by atoms with E-state index in [-0.39, 0.29) is 5.91 Å². The van der Waals surface area contributed by atoms with Crippen LogP contribution < -0.4 is 5.32 Å². The molecule has 0 bridgehead atoms. The van der Waals surface area contributed by atoms with Gasteiger partial charge in [-0.3, -0.25) is 14.8 Å². The van der Waals surface area contributed by atoms with E-state index in [1.165, 1.54) is 0 Å². The van der Waals surface area contributed by atoms with Gasteiger partial charge in [0.25, 0.3) is 5.91 Å². The standard InChI is InChI=1S/C18H13N3O3/c22-17(16-9-11-3-1-2-4-13(11)18(23)24-16)21-12-5-6-14-15(10-12)20-8-7-19-14/h1-8,10,16H,9H2,(H,21,22)/t16-/m1/s1. The lowest BCUT2D eigenvalue weighted by molar-refractivity contribution is -0.125. The van der Waals surface area contributed by atoms with Crippen molar-refractivity contribution >= 4 is 28.6 Å². The second kappa shape index (κ2) is 5.73. The van der Waals surface area contributed by atoms with E-state index in [9.17, 15) is 9.59 Å². The highest BCUT2D eigenvalue weighted by Gasteiger charge is 2.31. The van der Waals surface area contributed by atoms with Gasteiger partial charge in [0.2, 0.25) is 0 Å². The first-order chi connectivity index (χ1) is 11.7. The number of nitrogens with zero attached hydrogens (tertiary/aromatic N) is 2. The maximum Gasteiger partial charge on any atom is 0.339 e. The van der Waals surface area contributed by atoms with Gasteiger partial charge in [-0.25, -0.2) is 4.79 Å². The summed E-state index contributed by atoms with van der Waals surface area (Å²) in [4.78, 5) is 32.8. The highest BCUT2D eigenvalue weighted by atomic mass is 16.5. The third-order valence-electron chi connectivity index (χ3n) is 3.92. The number of hydrogen-bond donors (Lipinski definition) is 1. The number of rotatable bonds is 2. The fraction of sp³-hybridized carbons (Fsp3) is 0.111. The molecule has 2 aromatic carbocycles. The average Bonchev–Trinajstić information content (AvgIpc) is 2.61. The zero-order valence-corrected chi connectivity index (χ0v) is 12.6. The molecule has 1 aliphatic heterocycles. The van der Waals surface area contributed by atoms with Gasteiger partial charge in [0, 0.05) is 24.5 Å². The third kappa shape index (κ3) is 2.58. The SMILES string of the molecule is O=C1O[C@@H](C(=O)Nc2ccc3nccnc3c2)Cc2ccccc21. The van der Waals surface area contributed by atoms with Crippen LogP contribution in [0.25, 0.3) is 11.0 Å². The number of esters is 1. The lowest BCUT2D eigenvalue weighted by Crippen LogP contribution is -2.37. The number of anilines is 1. The molecule has 1 aliphatic rings. The van der Waals surface area contributed by atoms with E-state index < -0.39 is 12.1 Å². The number of ether oxygens (including phenoxy) is 1. The van der Waals surface area contributed by atoms with Gasteiger partial charge >= 0.3 is 5.97 Å². The summed E-state index contributed by atoms with van der Waals surface area (Å²) in [5.74, 6) is -0.831. The Morgan fingerprint density at radius 2 is 1.88 bits per heavy atom. The van der Waals surface area contributed by atoms with E-state index >= 15 is 0 Å². The molecule has 0 aliphatic carbocycles. The van der Waals surface area contributed by atoms with Crippen molar-refractivity contribution in [1.29, 1.82) is 0 Å². The molecule has 1 N–H and O–H groups in total. The Hall–Kier alpha value is -3.28. The zero-order valence-electron chi connectivity index (χ0n) is 12.6. The number of carbonyl (C=O) groups excluding carboxylic acids is 2. The molecule has 0 spiro atoms. The molecule has 118 valence electrons. The summed E-state index contributed by atoms with van der Waals surface area (Å²) < 4.78 is 5.26. The number of fused-ring (bicyclic) bond motifs is 2. The van der Waals surface area contributed by atoms with Gasteiger partial charge in [0.05, 0.1) is 16.6 Å². The first-order valence-corrected chi connectivity index (χ1v) is 7.51. The number of cyclic esters (lactones) is 1. The van der Waals surface area contributed by atoms with Crippen LogP contribution in [0.2, 0.25) is 0 Å². The molecule has 24 heavy (non-hydrogen) atoms. The molecule has 0 saturated heterocycles. The van der Waals surface area contributed by atoms with E-state index in [0.29, 0.717) is 23.2 Å². The van der Waals surface area contributed by atoms with Crippen molar-refractivity contribution in [3.8, 4) is 0 Å². The summed E-state index contributed by atoms with van der Waals surface area (Å²) in [5.41, 5.74) is 3.35. The Kier molecular flexibility index (Phi) is 3.42. The molecule has 2 heterocycles. The van der Waals surface area contributed by atoms with Crippen LogP contribution in [0.3, 0.4) is 0 Å². The number of carbonyl (C=O) groups is 2. The van der Waals surface area contributed by atoms with Crippen LogP contribution in [0.5, 0.6) is 0 Å². The summed E-state index contributed by atoms with van der Waals surface area (Å²) in [7, 11) is 0. The number of nitrogens with one attached hydrogen (secondary N) is 1. The Morgan fingerprint density at radius 1 is 1.08 bits per heavy atom. The number of aromatic nitrogens is 2. The predicted molar refractivity (Wildman–Crippen MR) is 87.5 cm³/mol. The van der Waals surface area contributed by atoms with Crippen molar-refractivity contribution in [3.63, 3.8) is 0 Å². The van der Waals surface area contributed by atoms with E-state index in [1.807, 2.05) is 12.1 Å². The molecule has 4 rings (SSSR count). The van der Waals surface area contributed by atoms with Crippen LogP contribution in [0.15, 0.2) is 54.9 Å². The molecule has 3 aromatic rings. The van der Waals surface area contributed by atoms with E-state index in [0.717, 1.165) is 11.1 Å². The van der Waals surface area contributed by atoms with Gasteiger partial charge in [-0.05, 0) is 29.8 Å². The Balaban J connectivity index is 1.55. The molecule has 0 saturated carbocycles. The molecule has 1 amide bonds. The fourth-order valence-corrected chi connectivity index (χ4v) is 2.74. The molecule has 0 fully saturated rings. The van der Waals surface area contributed by atoms with Crippen LogP contribution in [0.1, 0.15) is 15.9 Å². The topological polar surface area (TPSA) is 81.2 Å². The van der Waals surface area contributed by atoms with Crippen molar-refractivity contribution in [1.82, 2.24) is 9.97 Å². The van der Waals surface area contributed by atoms with E-state index in [4.69, 9.17) is 4.74 Å². The maximum absolute atomic E-state index is 12.4. The predicted octanol–water partition coefficient (Wildman–Crippen LogP) is 2.35. The summed E-state index contributed by atoms with van der Waals surface area (Å²) in [6.07, 6.45) is 2.72. The highest BCUT2D eigenvalue weighted by molar-refractivity contribution is 6.00. The van der Waals surface area contributed by atoms with Crippen molar-refractivity contribution < 1.29 is 14.3 Å². The van der Waals surface area contributed by atoms with Crippen molar-refractivity contribution in [3.05, 3.63) is 66.0 Å². The molecular formula is C18H13N3O3. The fourth-order valence-electron chi connectivity index (χ4n) is 2.74. The first kappa shape index (κ1) is 14.3. The molecule has 6 nitrogen and oxygen atoms in total. The van der Waals surface area contributed by atoms with Gasteiger partial charge in [0.15, 0.2) is 6.10 Å². The lowest BCUT2D eigenvalue weighted by atomic mass is 9.98. The molecule has 6 heteroatoms. The van der Waals surface area contributed by atoms with Crippen LogP contribution in [-0.2, 0) is 16.0 Å². The monoisotopic (exact) mass is 319 g/mol. The average molecular weight is 319 g/mol. The third-order valence-corrected chi connectivity index (χ3v) is 3.92. The largest absolute Gasteiger partial charge is 0.448 e. The van der Waals surface area contributed by atoms with Gasteiger partial charge in [-0.2, -0.15) is 0 Å². The second-order valence-electron chi connectivity index (χ2n) is 5.50. The molecule has 1 aromatic heterocycles. The number of amides is 1. The Morgan fingerprint density at radius 3 is 2.75 bits per heavy atom. The van der Waals surface area contributed by atoms with Crippen LogP contribution in [-0.4, -0.2) is 27.9 Å². The highest BCUT2D eigenvalue weighted by Crippen LogP contribution is 2.22. The smallest absolute Gasteiger partial charge is 0.339 e. The van der Waals surface area contributed by atoms with Gasteiger partial charge in [-0.1, -0.05) is 18.2 Å². The zero-order chi connectivity index (χ0) is 16.5.